The number of nitrogens with zero attached hydrogens (tertiary/aromatic N) is 3. The molecule has 1 N–H and O–H groups in total. The Kier molecular flexibility index (Phi) is 9.57. The summed E-state index contributed by atoms with van der Waals surface area (Å²) in [6, 6.07) is 9.12. The zero-order valence-corrected chi connectivity index (χ0v) is 29.7. The molecular formula is C34H44Cl2N4O3Si. The number of hydrogen-bond acceptors (Lipinski definition) is 4. The lowest BCUT2D eigenvalue weighted by Gasteiger charge is -2.26. The van der Waals surface area contributed by atoms with Crippen LogP contribution in [0.4, 0.5) is 0 Å². The quantitative estimate of drug-likeness (QED) is 0.130. The van der Waals surface area contributed by atoms with Gasteiger partial charge in [0.05, 0.1) is 22.8 Å². The summed E-state index contributed by atoms with van der Waals surface area (Å²) >= 11 is 13.4. The van der Waals surface area contributed by atoms with Crippen molar-refractivity contribution in [3.05, 3.63) is 68.1 Å². The highest BCUT2D eigenvalue weighted by Gasteiger charge is 2.32. The lowest BCUT2D eigenvalue weighted by Crippen LogP contribution is -2.38. The largest absolute Gasteiger partial charge is 0.494 e. The van der Waals surface area contributed by atoms with Crippen LogP contribution >= 0.6 is 23.2 Å². The monoisotopic (exact) mass is 654 g/mol. The second-order valence-corrected chi connectivity index (χ2v) is 19.7. The second-order valence-electron chi connectivity index (χ2n) is 13.3. The molecule has 1 amide bonds. The van der Waals surface area contributed by atoms with Gasteiger partial charge in [0.25, 0.3) is 5.91 Å². The third-order valence-electron chi connectivity index (χ3n) is 8.52. The molecule has 0 spiro atoms. The van der Waals surface area contributed by atoms with Crippen LogP contribution in [0.1, 0.15) is 58.0 Å². The number of aromatic nitrogens is 3. The zero-order valence-electron chi connectivity index (χ0n) is 27.2. The number of nitrogens with one attached hydrogen (secondary N) is 1. The predicted octanol–water partition coefficient (Wildman–Crippen LogP) is 8.67. The maximum atomic E-state index is 13.4. The number of carbonyl (C=O) groups excluding carboxylic acids is 1. The third kappa shape index (κ3) is 6.45. The first-order chi connectivity index (χ1) is 20.8. The van der Waals surface area contributed by atoms with Crippen molar-refractivity contribution in [3.63, 3.8) is 0 Å². The van der Waals surface area contributed by atoms with E-state index < -0.39 is 8.07 Å². The fraction of sp³-hybridized carbons (Fsp3) is 0.471. The molecule has 0 fully saturated rings. The van der Waals surface area contributed by atoms with Crippen molar-refractivity contribution in [3.8, 4) is 16.9 Å². The molecule has 0 radical (unpaired) electrons. The summed E-state index contributed by atoms with van der Waals surface area (Å²) < 4.78 is 16.3. The first-order valence-electron chi connectivity index (χ1n) is 15.4. The van der Waals surface area contributed by atoms with Gasteiger partial charge in [-0.05, 0) is 88.4 Å². The lowest BCUT2D eigenvalue weighted by atomic mass is 9.98. The van der Waals surface area contributed by atoms with Crippen LogP contribution in [0.2, 0.25) is 35.7 Å². The highest BCUT2D eigenvalue weighted by molar-refractivity contribution is 6.76. The van der Waals surface area contributed by atoms with Crippen LogP contribution < -0.4 is 10.1 Å². The fourth-order valence-corrected chi connectivity index (χ4v) is 7.29. The molecule has 2 aromatic heterocycles. The Morgan fingerprint density at radius 3 is 2.43 bits per heavy atom. The van der Waals surface area contributed by atoms with Gasteiger partial charge in [0.1, 0.15) is 18.2 Å². The van der Waals surface area contributed by atoms with E-state index in [2.05, 4.69) is 49.4 Å². The minimum Gasteiger partial charge on any atom is -0.494 e. The molecule has 0 unspecified atom stereocenters. The Morgan fingerprint density at radius 2 is 1.75 bits per heavy atom. The van der Waals surface area contributed by atoms with Gasteiger partial charge in [0, 0.05) is 54.5 Å². The van der Waals surface area contributed by atoms with Gasteiger partial charge in [-0.25, -0.2) is 4.68 Å². The van der Waals surface area contributed by atoms with Crippen LogP contribution in [0.25, 0.3) is 22.0 Å². The van der Waals surface area contributed by atoms with Crippen LogP contribution in [0.15, 0.2) is 24.3 Å². The number of carbonyl (C=O) groups is 1. The first kappa shape index (κ1) is 32.6. The molecule has 3 heterocycles. The average Bonchev–Trinajstić information content (AvgIpc) is 3.43. The van der Waals surface area contributed by atoms with Crippen molar-refractivity contribution in [2.24, 2.45) is 0 Å². The minimum atomic E-state index is -1.19. The third-order valence-corrected chi connectivity index (χ3v) is 11.1. The van der Waals surface area contributed by atoms with Gasteiger partial charge >= 0.3 is 0 Å². The fourth-order valence-electron chi connectivity index (χ4n) is 6.18. The molecule has 1 aliphatic heterocycles. The highest BCUT2D eigenvalue weighted by atomic mass is 35.5. The minimum absolute atomic E-state index is 0.0545. The molecule has 0 saturated carbocycles. The van der Waals surface area contributed by atoms with Gasteiger partial charge in [-0.15, -0.1) is 0 Å². The van der Waals surface area contributed by atoms with E-state index in [0.717, 1.165) is 80.0 Å². The number of halogens is 2. The highest BCUT2D eigenvalue weighted by Crippen LogP contribution is 2.44. The number of hydrogen-bond donors (Lipinski definition) is 1. The van der Waals surface area contributed by atoms with Gasteiger partial charge < -0.3 is 19.4 Å². The van der Waals surface area contributed by atoms with Crippen LogP contribution in [0.3, 0.4) is 0 Å². The molecule has 0 saturated heterocycles. The summed E-state index contributed by atoms with van der Waals surface area (Å²) in [6.45, 7) is 19.4. The second kappa shape index (κ2) is 12.9. The smallest absolute Gasteiger partial charge is 0.268 e. The molecule has 1 aliphatic rings. The molecule has 236 valence electrons. The normalized spacial score (nSPS) is 15.1. The number of amides is 1. The summed E-state index contributed by atoms with van der Waals surface area (Å²) in [4.78, 5) is 13.4. The molecule has 10 heteroatoms. The van der Waals surface area contributed by atoms with E-state index in [0.29, 0.717) is 37.0 Å². The molecule has 5 rings (SSSR count). The van der Waals surface area contributed by atoms with Crippen molar-refractivity contribution in [1.29, 1.82) is 0 Å². The predicted molar refractivity (Wildman–Crippen MR) is 184 cm³/mol. The van der Waals surface area contributed by atoms with Gasteiger partial charge in [-0.1, -0.05) is 48.9 Å². The van der Waals surface area contributed by atoms with Gasteiger partial charge in [0.15, 0.2) is 0 Å². The standard InChI is InChI=1S/C34H44Cl2N4O3Si/c1-20-16-25(17-21(2)31(20)36)43-13-9-10-26-27-11-12-28(35)30(32(27)40-22(3)18-37-34(41)33(26)40)29-23(4)38-39(24(29)5)19-42-14-15-44(6,7)8/h11-12,16-17,22H,9-10,13-15,18-19H2,1-8H3,(H,37,41)/t22-/m1/s1. The van der Waals surface area contributed by atoms with Crippen molar-refractivity contribution in [1.82, 2.24) is 19.7 Å². The van der Waals surface area contributed by atoms with Crippen molar-refractivity contribution in [2.75, 3.05) is 19.8 Å². The van der Waals surface area contributed by atoms with Crippen LogP contribution in [-0.4, -0.2) is 48.1 Å². The van der Waals surface area contributed by atoms with E-state index in [9.17, 15) is 4.79 Å². The van der Waals surface area contributed by atoms with Crippen molar-refractivity contribution in [2.45, 2.75) is 85.9 Å². The Balaban J connectivity index is 1.50. The molecule has 1 atom stereocenters. The van der Waals surface area contributed by atoms with E-state index in [-0.39, 0.29) is 11.9 Å². The number of rotatable bonds is 11. The molecular weight excluding hydrogens is 611 g/mol. The Bertz CT molecular complexity index is 1700. The van der Waals surface area contributed by atoms with Gasteiger partial charge in [0.2, 0.25) is 0 Å². The van der Waals surface area contributed by atoms with E-state index in [4.69, 9.17) is 37.8 Å². The van der Waals surface area contributed by atoms with E-state index >= 15 is 0 Å². The Hall–Kier alpha value is -2.78. The number of aryl methyl sites for hydroxylation is 4. The molecule has 4 aromatic rings. The van der Waals surface area contributed by atoms with Gasteiger partial charge in [-0.3, -0.25) is 4.79 Å². The number of fused-ring (bicyclic) bond motifs is 3. The van der Waals surface area contributed by atoms with E-state index in [1.165, 1.54) is 0 Å². The molecule has 44 heavy (non-hydrogen) atoms. The number of ether oxygens (including phenoxy) is 2. The topological polar surface area (TPSA) is 70.3 Å². The lowest BCUT2D eigenvalue weighted by molar-refractivity contribution is 0.0770. The summed E-state index contributed by atoms with van der Waals surface area (Å²) in [5.74, 6) is 0.752. The molecule has 7 nitrogen and oxygen atoms in total. The zero-order chi connectivity index (χ0) is 31.9. The van der Waals surface area contributed by atoms with Crippen molar-refractivity contribution >= 4 is 48.1 Å². The van der Waals surface area contributed by atoms with Crippen molar-refractivity contribution < 1.29 is 14.3 Å². The van der Waals surface area contributed by atoms with Crippen LogP contribution in [0.5, 0.6) is 5.75 Å². The van der Waals surface area contributed by atoms with Gasteiger partial charge in [-0.2, -0.15) is 5.10 Å². The Labute approximate surface area is 271 Å². The summed E-state index contributed by atoms with van der Waals surface area (Å²) in [5.41, 5.74) is 8.51. The summed E-state index contributed by atoms with van der Waals surface area (Å²) in [7, 11) is -1.19. The summed E-state index contributed by atoms with van der Waals surface area (Å²) in [6.07, 6.45) is 1.44. The molecule has 0 bridgehead atoms. The van der Waals surface area contributed by atoms with E-state index in [1.54, 1.807) is 0 Å². The SMILES string of the molecule is Cc1cc(OCCCc2c3n(c4c(-c5c(C)nn(COCC[Si](C)(C)C)c5C)c(Cl)ccc24)[C@H](C)CNC3=O)cc(C)c1Cl. The number of benzene rings is 2. The first-order valence-corrected chi connectivity index (χ1v) is 19.9. The Morgan fingerprint density at radius 1 is 1.05 bits per heavy atom. The van der Waals surface area contributed by atoms with Crippen LogP contribution in [-0.2, 0) is 17.9 Å². The molecule has 2 aromatic carbocycles. The maximum absolute atomic E-state index is 13.4. The summed E-state index contributed by atoms with van der Waals surface area (Å²) in [5, 5.41) is 10.4. The molecule has 0 aliphatic carbocycles. The van der Waals surface area contributed by atoms with E-state index in [1.807, 2.05) is 43.7 Å². The average molecular weight is 656 g/mol. The maximum Gasteiger partial charge on any atom is 0.268 e. The van der Waals surface area contributed by atoms with Crippen LogP contribution in [0, 0.1) is 27.7 Å².